The van der Waals surface area contributed by atoms with Gasteiger partial charge in [-0.25, -0.2) is 4.98 Å². The molecule has 2 aromatic rings. The van der Waals surface area contributed by atoms with Gasteiger partial charge in [0.2, 0.25) is 0 Å². The molecule has 0 radical (unpaired) electrons. The van der Waals surface area contributed by atoms with Gasteiger partial charge in [0.25, 0.3) is 5.89 Å². The van der Waals surface area contributed by atoms with Crippen LogP contribution in [0.25, 0.3) is 11.1 Å². The number of hydrogen-bond acceptors (Lipinski definition) is 3. The van der Waals surface area contributed by atoms with Gasteiger partial charge in [0.05, 0.1) is 0 Å². The second-order valence-corrected chi connectivity index (χ2v) is 2.70. The second kappa shape index (κ2) is 3.17. The van der Waals surface area contributed by atoms with E-state index in [0.29, 0.717) is 17.4 Å². The Morgan fingerprint density at radius 3 is 2.86 bits per heavy atom. The van der Waals surface area contributed by atoms with Gasteiger partial charge in [-0.3, -0.25) is 4.79 Å². The fourth-order valence-corrected chi connectivity index (χ4v) is 1.13. The molecule has 3 nitrogen and oxygen atoms in total. The topological polar surface area (TPSA) is 43.1 Å². The van der Waals surface area contributed by atoms with E-state index in [4.69, 9.17) is 4.42 Å². The molecule has 0 unspecified atom stereocenters. The maximum atomic E-state index is 12.2. The van der Waals surface area contributed by atoms with Gasteiger partial charge in [0.15, 0.2) is 5.58 Å². The van der Waals surface area contributed by atoms with Crippen LogP contribution in [0.2, 0.25) is 0 Å². The van der Waals surface area contributed by atoms with Crippen LogP contribution in [0.5, 0.6) is 0 Å². The standard InChI is InChI=1S/C9H5F2NO2/c10-8(11)9-12-6-2-1-5(4-13)3-7(6)14-9/h1-4,8H. The minimum absolute atomic E-state index is 0.199. The van der Waals surface area contributed by atoms with E-state index in [1.165, 1.54) is 18.2 Å². The third-order valence-corrected chi connectivity index (χ3v) is 1.75. The first kappa shape index (κ1) is 8.80. The zero-order valence-electron chi connectivity index (χ0n) is 6.91. The molecule has 1 heterocycles. The Morgan fingerprint density at radius 1 is 1.43 bits per heavy atom. The summed E-state index contributed by atoms with van der Waals surface area (Å²) < 4.78 is 29.1. The number of aldehydes is 1. The van der Waals surface area contributed by atoms with Crippen molar-refractivity contribution >= 4 is 17.4 Å². The van der Waals surface area contributed by atoms with E-state index in [9.17, 15) is 13.6 Å². The molecule has 0 amide bonds. The quantitative estimate of drug-likeness (QED) is 0.695. The third kappa shape index (κ3) is 1.37. The van der Waals surface area contributed by atoms with Crippen molar-refractivity contribution in [3.63, 3.8) is 0 Å². The summed E-state index contributed by atoms with van der Waals surface area (Å²) in [5.41, 5.74) is 0.894. The van der Waals surface area contributed by atoms with Crippen molar-refractivity contribution in [1.82, 2.24) is 4.98 Å². The average molecular weight is 197 g/mol. The molecule has 0 aliphatic carbocycles. The molecule has 72 valence electrons. The number of hydrogen-bond donors (Lipinski definition) is 0. The molecule has 0 fully saturated rings. The van der Waals surface area contributed by atoms with Crippen molar-refractivity contribution in [3.05, 3.63) is 29.7 Å². The summed E-state index contributed by atoms with van der Waals surface area (Å²) in [6, 6.07) is 4.34. The van der Waals surface area contributed by atoms with Crippen LogP contribution in [-0.2, 0) is 0 Å². The van der Waals surface area contributed by atoms with Crippen LogP contribution in [0, 0.1) is 0 Å². The summed E-state index contributed by atoms with van der Waals surface area (Å²) in [5.74, 6) is -0.622. The second-order valence-electron chi connectivity index (χ2n) is 2.70. The molecule has 0 aliphatic rings. The van der Waals surface area contributed by atoms with E-state index in [1.54, 1.807) is 0 Å². The molecule has 0 spiro atoms. The molecule has 0 atom stereocenters. The number of carbonyl (C=O) groups is 1. The molecule has 14 heavy (non-hydrogen) atoms. The molecular weight excluding hydrogens is 192 g/mol. The minimum Gasteiger partial charge on any atom is -0.435 e. The maximum Gasteiger partial charge on any atom is 0.313 e. The van der Waals surface area contributed by atoms with Gasteiger partial charge in [0.1, 0.15) is 11.8 Å². The summed E-state index contributed by atoms with van der Waals surface area (Å²) in [6.07, 6.45) is -2.12. The predicted octanol–water partition coefficient (Wildman–Crippen LogP) is 2.58. The number of rotatable bonds is 2. The highest BCUT2D eigenvalue weighted by atomic mass is 19.3. The van der Waals surface area contributed by atoms with Crippen molar-refractivity contribution in [2.24, 2.45) is 0 Å². The largest absolute Gasteiger partial charge is 0.435 e. The van der Waals surface area contributed by atoms with Crippen molar-refractivity contribution in [2.75, 3.05) is 0 Å². The minimum atomic E-state index is -2.73. The summed E-state index contributed by atoms with van der Waals surface area (Å²) in [7, 11) is 0. The van der Waals surface area contributed by atoms with Gasteiger partial charge >= 0.3 is 6.43 Å². The van der Waals surface area contributed by atoms with Crippen molar-refractivity contribution in [3.8, 4) is 0 Å². The smallest absolute Gasteiger partial charge is 0.313 e. The van der Waals surface area contributed by atoms with Gasteiger partial charge in [-0.15, -0.1) is 0 Å². The Labute approximate surface area is 77.3 Å². The van der Waals surface area contributed by atoms with Crippen LogP contribution in [0.3, 0.4) is 0 Å². The third-order valence-electron chi connectivity index (χ3n) is 1.75. The van der Waals surface area contributed by atoms with Gasteiger partial charge in [0, 0.05) is 5.56 Å². The van der Waals surface area contributed by atoms with Gasteiger partial charge in [-0.1, -0.05) is 0 Å². The Hall–Kier alpha value is -1.78. The highest BCUT2D eigenvalue weighted by molar-refractivity contribution is 5.83. The number of oxazole rings is 1. The number of aromatic nitrogens is 1. The van der Waals surface area contributed by atoms with Crippen LogP contribution < -0.4 is 0 Å². The molecule has 5 heteroatoms. The first-order valence-corrected chi connectivity index (χ1v) is 3.84. The lowest BCUT2D eigenvalue weighted by molar-refractivity contribution is 0.112. The Bertz CT molecular complexity index is 479. The monoisotopic (exact) mass is 197 g/mol. The van der Waals surface area contributed by atoms with Crippen molar-refractivity contribution < 1.29 is 18.0 Å². The van der Waals surface area contributed by atoms with E-state index < -0.39 is 12.3 Å². The fraction of sp³-hybridized carbons (Fsp3) is 0.111. The number of nitrogens with zero attached hydrogens (tertiary/aromatic N) is 1. The van der Waals surface area contributed by atoms with Crippen molar-refractivity contribution in [1.29, 1.82) is 0 Å². The van der Waals surface area contributed by atoms with E-state index in [0.717, 1.165) is 0 Å². The fourth-order valence-electron chi connectivity index (χ4n) is 1.13. The maximum absolute atomic E-state index is 12.2. The Balaban J connectivity index is 2.59. The predicted molar refractivity (Wildman–Crippen MR) is 44.4 cm³/mol. The molecule has 0 saturated carbocycles. The first-order valence-electron chi connectivity index (χ1n) is 3.84. The number of halogens is 2. The lowest BCUT2D eigenvalue weighted by Gasteiger charge is -1.87. The zero-order chi connectivity index (χ0) is 10.1. The summed E-state index contributed by atoms with van der Waals surface area (Å²) in [4.78, 5) is 13.9. The lowest BCUT2D eigenvalue weighted by atomic mass is 10.2. The van der Waals surface area contributed by atoms with E-state index in [1.807, 2.05) is 0 Å². The zero-order valence-corrected chi connectivity index (χ0v) is 6.91. The average Bonchev–Trinajstić information content (AvgIpc) is 2.59. The molecule has 0 saturated heterocycles. The molecular formula is C9H5F2NO2. The van der Waals surface area contributed by atoms with Crippen LogP contribution in [0.4, 0.5) is 8.78 Å². The van der Waals surface area contributed by atoms with E-state index >= 15 is 0 Å². The first-order chi connectivity index (χ1) is 6.70. The van der Waals surface area contributed by atoms with Crippen LogP contribution >= 0.6 is 0 Å². The van der Waals surface area contributed by atoms with Crippen LogP contribution in [0.1, 0.15) is 22.7 Å². The number of benzene rings is 1. The number of alkyl halides is 2. The molecule has 1 aromatic carbocycles. The number of fused-ring (bicyclic) bond motifs is 1. The van der Waals surface area contributed by atoms with E-state index in [2.05, 4.69) is 4.98 Å². The molecule has 0 bridgehead atoms. The van der Waals surface area contributed by atoms with Gasteiger partial charge in [-0.05, 0) is 18.2 Å². The molecule has 2 rings (SSSR count). The summed E-state index contributed by atoms with van der Waals surface area (Å²) in [6.45, 7) is 0. The summed E-state index contributed by atoms with van der Waals surface area (Å²) >= 11 is 0. The molecule has 1 aromatic heterocycles. The molecule has 0 N–H and O–H groups in total. The SMILES string of the molecule is O=Cc1ccc2nc(C(F)F)oc2c1. The molecule has 0 aliphatic heterocycles. The number of carbonyl (C=O) groups excluding carboxylic acids is 1. The van der Waals surface area contributed by atoms with Gasteiger partial charge < -0.3 is 4.42 Å². The highest BCUT2D eigenvalue weighted by Crippen LogP contribution is 2.23. The Kier molecular flexibility index (Phi) is 1.99. The van der Waals surface area contributed by atoms with Gasteiger partial charge in [-0.2, -0.15) is 8.78 Å². The van der Waals surface area contributed by atoms with Crippen molar-refractivity contribution in [2.45, 2.75) is 6.43 Å². The van der Waals surface area contributed by atoms with E-state index in [-0.39, 0.29) is 5.58 Å². The Morgan fingerprint density at radius 2 is 2.21 bits per heavy atom. The lowest BCUT2D eigenvalue weighted by Crippen LogP contribution is -1.80. The van der Waals surface area contributed by atoms with Crippen LogP contribution in [-0.4, -0.2) is 11.3 Å². The summed E-state index contributed by atoms with van der Waals surface area (Å²) in [5, 5.41) is 0. The van der Waals surface area contributed by atoms with Crippen LogP contribution in [0.15, 0.2) is 22.6 Å². The highest BCUT2D eigenvalue weighted by Gasteiger charge is 2.15. The normalized spacial score (nSPS) is 11.1.